The van der Waals surface area contributed by atoms with Crippen molar-refractivity contribution in [3.8, 4) is 0 Å². The molecule has 2 aliphatic rings. The molecule has 0 amide bonds. The lowest BCUT2D eigenvalue weighted by Crippen LogP contribution is -2.64. The zero-order chi connectivity index (χ0) is 13.1. The molecule has 4 nitrogen and oxygen atoms in total. The summed E-state index contributed by atoms with van der Waals surface area (Å²) in [7, 11) is 0. The Balaban J connectivity index is 2.45. The van der Waals surface area contributed by atoms with Gasteiger partial charge in [-0.2, -0.15) is 11.8 Å². The number of hydrogen-bond acceptors (Lipinski definition) is 5. The van der Waals surface area contributed by atoms with Crippen LogP contribution in [0.2, 0.25) is 0 Å². The molecule has 1 heterocycles. The van der Waals surface area contributed by atoms with Crippen molar-refractivity contribution in [1.82, 2.24) is 0 Å². The Bertz CT molecular complexity index is 316. The first-order valence-corrected chi connectivity index (χ1v) is 6.98. The first kappa shape index (κ1) is 13.6. The first-order chi connectivity index (χ1) is 7.70. The van der Waals surface area contributed by atoms with Crippen LogP contribution in [0.15, 0.2) is 0 Å². The van der Waals surface area contributed by atoms with E-state index in [9.17, 15) is 20.4 Å². The van der Waals surface area contributed by atoms with Crippen LogP contribution in [0.1, 0.15) is 27.2 Å². The molecule has 5 atom stereocenters. The topological polar surface area (TPSA) is 80.9 Å². The van der Waals surface area contributed by atoms with E-state index in [0.29, 0.717) is 12.2 Å². The van der Waals surface area contributed by atoms with E-state index in [4.69, 9.17) is 0 Å². The van der Waals surface area contributed by atoms with Gasteiger partial charge in [0, 0.05) is 11.2 Å². The van der Waals surface area contributed by atoms with E-state index in [0.717, 1.165) is 0 Å². The molecule has 1 saturated heterocycles. The van der Waals surface area contributed by atoms with Gasteiger partial charge in [-0.15, -0.1) is 0 Å². The monoisotopic (exact) mass is 262 g/mol. The molecule has 4 N–H and O–H groups in total. The number of rotatable bonds is 1. The molecule has 1 unspecified atom stereocenters. The molecule has 100 valence electrons. The molecule has 0 aromatic carbocycles. The highest BCUT2D eigenvalue weighted by molar-refractivity contribution is 8.01. The molecular formula is C12H22O4S. The number of thioether (sulfide) groups is 1. The van der Waals surface area contributed by atoms with Crippen molar-refractivity contribution in [2.75, 3.05) is 12.4 Å². The minimum absolute atomic E-state index is 0.150. The highest BCUT2D eigenvalue weighted by Crippen LogP contribution is 2.63. The van der Waals surface area contributed by atoms with Crippen molar-refractivity contribution < 1.29 is 20.4 Å². The molecule has 1 aliphatic heterocycles. The molecule has 1 saturated carbocycles. The van der Waals surface area contributed by atoms with E-state index in [-0.39, 0.29) is 12.0 Å². The predicted molar refractivity (Wildman–Crippen MR) is 66.8 cm³/mol. The van der Waals surface area contributed by atoms with Crippen molar-refractivity contribution >= 4 is 11.8 Å². The molecule has 17 heavy (non-hydrogen) atoms. The lowest BCUT2D eigenvalue weighted by atomic mass is 9.60. The van der Waals surface area contributed by atoms with Crippen LogP contribution in [0.5, 0.6) is 0 Å². The smallest absolute Gasteiger partial charge is 0.108 e. The third-order valence-electron chi connectivity index (χ3n) is 4.57. The molecule has 2 bridgehead atoms. The summed E-state index contributed by atoms with van der Waals surface area (Å²) >= 11 is 1.58. The molecule has 0 radical (unpaired) electrons. The van der Waals surface area contributed by atoms with Gasteiger partial charge in [-0.1, -0.05) is 20.8 Å². The molecule has 1 aliphatic carbocycles. The van der Waals surface area contributed by atoms with E-state index >= 15 is 0 Å². The van der Waals surface area contributed by atoms with Crippen molar-refractivity contribution in [1.29, 1.82) is 0 Å². The number of aliphatic hydroxyl groups is 4. The van der Waals surface area contributed by atoms with Crippen LogP contribution in [0, 0.1) is 10.8 Å². The van der Waals surface area contributed by atoms with Gasteiger partial charge >= 0.3 is 0 Å². The Morgan fingerprint density at radius 2 is 1.76 bits per heavy atom. The van der Waals surface area contributed by atoms with Crippen LogP contribution >= 0.6 is 11.8 Å². The Morgan fingerprint density at radius 1 is 1.18 bits per heavy atom. The Kier molecular flexibility index (Phi) is 3.08. The highest BCUT2D eigenvalue weighted by atomic mass is 32.2. The van der Waals surface area contributed by atoms with Crippen LogP contribution < -0.4 is 0 Å². The van der Waals surface area contributed by atoms with E-state index in [2.05, 4.69) is 0 Å². The normalized spacial score (nSPS) is 50.6. The first-order valence-electron chi connectivity index (χ1n) is 5.99. The van der Waals surface area contributed by atoms with Gasteiger partial charge < -0.3 is 20.4 Å². The van der Waals surface area contributed by atoms with Gasteiger partial charge in [-0.3, -0.25) is 0 Å². The van der Waals surface area contributed by atoms with Gasteiger partial charge in [0.05, 0.1) is 23.6 Å². The van der Waals surface area contributed by atoms with Gasteiger partial charge in [-0.25, -0.2) is 0 Å². The SMILES string of the molecule is CC(C)(C)C12C[C@@](CO)(CS1)[C@@H](O)[C@H](O)[C@H]2O. The summed E-state index contributed by atoms with van der Waals surface area (Å²) in [6.45, 7) is 5.94. The molecule has 0 aromatic heterocycles. The zero-order valence-electron chi connectivity index (χ0n) is 10.6. The highest BCUT2D eigenvalue weighted by Gasteiger charge is 2.67. The van der Waals surface area contributed by atoms with Crippen molar-refractivity contribution in [3.63, 3.8) is 0 Å². The summed E-state index contributed by atoms with van der Waals surface area (Å²) in [5.41, 5.74) is -0.869. The number of aliphatic hydroxyl groups excluding tert-OH is 4. The zero-order valence-corrected chi connectivity index (χ0v) is 11.4. The van der Waals surface area contributed by atoms with Crippen LogP contribution in [0.3, 0.4) is 0 Å². The average Bonchev–Trinajstić information content (AvgIpc) is 2.64. The van der Waals surface area contributed by atoms with E-state index < -0.39 is 28.5 Å². The minimum atomic E-state index is -1.18. The Morgan fingerprint density at radius 3 is 2.24 bits per heavy atom. The van der Waals surface area contributed by atoms with Crippen LogP contribution in [-0.4, -0.2) is 55.8 Å². The average molecular weight is 262 g/mol. The van der Waals surface area contributed by atoms with Crippen LogP contribution in [0.4, 0.5) is 0 Å². The lowest BCUT2D eigenvalue weighted by Gasteiger charge is -2.52. The second-order valence-electron chi connectivity index (χ2n) is 6.51. The summed E-state index contributed by atoms with van der Waals surface area (Å²) < 4.78 is -0.492. The van der Waals surface area contributed by atoms with E-state index in [1.54, 1.807) is 11.8 Å². The Hall–Kier alpha value is 0.190. The molecule has 5 heteroatoms. The summed E-state index contributed by atoms with van der Waals surface area (Å²) in [5, 5.41) is 40.0. The Labute approximate surface area is 106 Å². The molecule has 0 aromatic rings. The standard InChI is InChI=1S/C12H22O4S/c1-10(2,3)12-4-11(5-13,6-17-12)8(15)7(14)9(12)16/h7-9,13-16H,4-6H2,1-3H3/t7-,8-,9+,11+,12?/m0/s1. The summed E-state index contributed by atoms with van der Waals surface area (Å²) in [6, 6.07) is 0. The summed E-state index contributed by atoms with van der Waals surface area (Å²) in [5.74, 6) is 0.579. The summed E-state index contributed by atoms with van der Waals surface area (Å²) in [6.07, 6.45) is -2.63. The fourth-order valence-electron chi connectivity index (χ4n) is 3.21. The largest absolute Gasteiger partial charge is 0.396 e. The third-order valence-corrected chi connectivity index (χ3v) is 6.80. The maximum absolute atomic E-state index is 10.3. The summed E-state index contributed by atoms with van der Waals surface area (Å²) in [4.78, 5) is 0. The molecule has 0 spiro atoms. The van der Waals surface area contributed by atoms with Crippen LogP contribution in [-0.2, 0) is 0 Å². The second kappa shape index (κ2) is 3.84. The maximum atomic E-state index is 10.3. The lowest BCUT2D eigenvalue weighted by molar-refractivity contribution is -0.171. The van der Waals surface area contributed by atoms with Gasteiger partial charge in [0.15, 0.2) is 0 Å². The predicted octanol–water partition coefficient (Wildman–Crippen LogP) is -0.0168. The van der Waals surface area contributed by atoms with E-state index in [1.807, 2.05) is 20.8 Å². The van der Waals surface area contributed by atoms with E-state index in [1.165, 1.54) is 0 Å². The quantitative estimate of drug-likeness (QED) is 0.534. The fraction of sp³-hybridized carbons (Fsp3) is 1.00. The van der Waals surface area contributed by atoms with Crippen molar-refractivity contribution in [3.05, 3.63) is 0 Å². The molecule has 2 rings (SSSR count). The number of fused-ring (bicyclic) bond motifs is 2. The van der Waals surface area contributed by atoms with Crippen molar-refractivity contribution in [2.45, 2.75) is 50.3 Å². The van der Waals surface area contributed by atoms with Gasteiger partial charge in [0.1, 0.15) is 6.10 Å². The third kappa shape index (κ3) is 1.60. The molecular weight excluding hydrogens is 240 g/mol. The minimum Gasteiger partial charge on any atom is -0.396 e. The van der Waals surface area contributed by atoms with Gasteiger partial charge in [-0.05, 0) is 11.8 Å². The van der Waals surface area contributed by atoms with Gasteiger partial charge in [0.2, 0.25) is 0 Å². The van der Waals surface area contributed by atoms with Gasteiger partial charge in [0.25, 0.3) is 0 Å². The second-order valence-corrected chi connectivity index (χ2v) is 7.81. The maximum Gasteiger partial charge on any atom is 0.108 e. The van der Waals surface area contributed by atoms with Crippen LogP contribution in [0.25, 0.3) is 0 Å². The fourth-order valence-corrected chi connectivity index (χ4v) is 5.25. The molecule has 2 fully saturated rings. The van der Waals surface area contributed by atoms with Crippen molar-refractivity contribution in [2.24, 2.45) is 10.8 Å². The number of hydrogen-bond donors (Lipinski definition) is 4.